The summed E-state index contributed by atoms with van der Waals surface area (Å²) in [5.41, 5.74) is 0.664. The average molecular weight is 145 g/mol. The zero-order chi connectivity index (χ0) is 7.28. The first kappa shape index (κ1) is 8.23. The van der Waals surface area contributed by atoms with Gasteiger partial charge in [0.2, 0.25) is 0 Å². The van der Waals surface area contributed by atoms with E-state index in [1.54, 1.807) is 6.92 Å². The highest BCUT2D eigenvalue weighted by molar-refractivity contribution is 7.47. The van der Waals surface area contributed by atoms with E-state index in [0.29, 0.717) is 12.1 Å². The predicted molar refractivity (Wildman–Crippen MR) is 36.1 cm³/mol. The summed E-state index contributed by atoms with van der Waals surface area (Å²) < 4.78 is 3.34. The van der Waals surface area contributed by atoms with Gasteiger partial charge in [-0.05, 0) is 12.5 Å². The monoisotopic (exact) mass is 145 g/mol. The molecule has 0 aliphatic heterocycles. The van der Waals surface area contributed by atoms with Crippen LogP contribution in [0.25, 0.3) is 0 Å². The van der Waals surface area contributed by atoms with Gasteiger partial charge in [0.1, 0.15) is 0 Å². The van der Waals surface area contributed by atoms with Crippen molar-refractivity contribution in [3.05, 3.63) is 11.6 Å². The summed E-state index contributed by atoms with van der Waals surface area (Å²) in [5, 5.41) is 8.16. The maximum atomic E-state index is 9.93. The largest absolute Gasteiger partial charge is 0.478 e. The van der Waals surface area contributed by atoms with Gasteiger partial charge in [-0.25, -0.2) is 9.16 Å². The van der Waals surface area contributed by atoms with Gasteiger partial charge in [0.25, 0.3) is 0 Å². The topological polar surface area (TPSA) is 49.7 Å². The van der Waals surface area contributed by atoms with Gasteiger partial charge in [-0.1, -0.05) is 0 Å². The van der Waals surface area contributed by atoms with Crippen LogP contribution in [0.5, 0.6) is 0 Å². The smallest absolute Gasteiger partial charge is 0.328 e. The summed E-state index contributed by atoms with van der Waals surface area (Å²) in [6.07, 6.45) is 1.09. The van der Waals surface area contributed by atoms with Crippen LogP contribution in [0, 0.1) is 0 Å². The van der Waals surface area contributed by atoms with Crippen molar-refractivity contribution in [1.82, 2.24) is 0 Å². The Bertz CT molecular complexity index is 153. The lowest BCUT2D eigenvalue weighted by Gasteiger charge is -1.87. The third-order valence-electron chi connectivity index (χ3n) is 0.684. The van der Waals surface area contributed by atoms with E-state index >= 15 is 0 Å². The van der Waals surface area contributed by atoms with Crippen molar-refractivity contribution in [2.75, 3.05) is 6.54 Å². The summed E-state index contributed by atoms with van der Waals surface area (Å²) in [6, 6.07) is 0. The minimum Gasteiger partial charge on any atom is -0.478 e. The highest BCUT2D eigenvalue weighted by atomic mass is 32.1. The van der Waals surface area contributed by atoms with Gasteiger partial charge in [-0.15, -0.1) is 0 Å². The van der Waals surface area contributed by atoms with E-state index < -0.39 is 5.97 Å². The van der Waals surface area contributed by atoms with Gasteiger partial charge in [0.15, 0.2) is 0 Å². The third-order valence-corrected chi connectivity index (χ3v) is 0.813. The Morgan fingerprint density at radius 2 is 2.44 bits per heavy atom. The van der Waals surface area contributed by atoms with E-state index in [4.69, 9.17) is 5.11 Å². The summed E-state index contributed by atoms with van der Waals surface area (Å²) in [7, 11) is 0. The fraction of sp³-hybridized carbons (Fsp3) is 0.400. The molecule has 0 aliphatic carbocycles. The van der Waals surface area contributed by atoms with Crippen LogP contribution >= 0.6 is 0 Å². The van der Waals surface area contributed by atoms with Gasteiger partial charge in [0, 0.05) is 18.5 Å². The van der Waals surface area contributed by atoms with Crippen molar-refractivity contribution in [2.24, 2.45) is 4.36 Å². The SMILES string of the molecule is C/C(=C/C(=O)O)CN=S. The molecule has 0 aromatic heterocycles. The van der Waals surface area contributed by atoms with Gasteiger partial charge in [0.05, 0.1) is 6.54 Å². The Kier molecular flexibility index (Phi) is 3.79. The second-order valence-corrected chi connectivity index (χ2v) is 1.87. The van der Waals surface area contributed by atoms with E-state index in [9.17, 15) is 4.79 Å². The lowest BCUT2D eigenvalue weighted by molar-refractivity contribution is -0.131. The molecule has 0 fully saturated rings. The quantitative estimate of drug-likeness (QED) is 0.596. The molecule has 0 unspecified atom stereocenters. The molecule has 0 rings (SSSR count). The molecular weight excluding hydrogens is 138 g/mol. The molecule has 0 saturated carbocycles. The number of rotatable bonds is 3. The Morgan fingerprint density at radius 1 is 1.89 bits per heavy atom. The highest BCUT2D eigenvalue weighted by Gasteiger charge is 1.90. The van der Waals surface area contributed by atoms with Crippen molar-refractivity contribution >= 4 is 18.4 Å². The molecule has 9 heavy (non-hydrogen) atoms. The van der Waals surface area contributed by atoms with Gasteiger partial charge in [-0.2, -0.15) is 0 Å². The van der Waals surface area contributed by atoms with Gasteiger partial charge < -0.3 is 5.11 Å². The molecule has 0 bridgehead atoms. The fourth-order valence-corrected chi connectivity index (χ4v) is 0.562. The Hall–Kier alpha value is -0.770. The molecular formula is C5H7NO2S. The van der Waals surface area contributed by atoms with Crippen LogP contribution in [0.15, 0.2) is 16.0 Å². The molecule has 0 saturated heterocycles. The molecule has 0 aromatic carbocycles. The summed E-state index contributed by atoms with van der Waals surface area (Å²) in [4.78, 5) is 9.93. The summed E-state index contributed by atoms with van der Waals surface area (Å²) in [5.74, 6) is -0.953. The molecule has 4 heteroatoms. The molecule has 0 aliphatic rings. The Balaban J connectivity index is 3.83. The predicted octanol–water partition coefficient (Wildman–Crippen LogP) is 0.748. The number of carboxylic acids is 1. The number of hydrogen-bond acceptors (Lipinski definition) is 3. The van der Waals surface area contributed by atoms with Gasteiger partial charge in [-0.3, -0.25) is 0 Å². The van der Waals surface area contributed by atoms with Crippen LogP contribution in [-0.4, -0.2) is 17.6 Å². The van der Waals surface area contributed by atoms with E-state index in [2.05, 4.69) is 16.8 Å². The number of carbonyl (C=O) groups is 1. The third kappa shape index (κ3) is 5.10. The second-order valence-electron chi connectivity index (χ2n) is 1.62. The molecule has 0 atom stereocenters. The van der Waals surface area contributed by atoms with Crippen LogP contribution in [0.1, 0.15) is 6.92 Å². The maximum absolute atomic E-state index is 9.93. The minimum absolute atomic E-state index is 0.321. The molecule has 0 radical (unpaired) electrons. The molecule has 1 N–H and O–H groups in total. The zero-order valence-electron chi connectivity index (χ0n) is 5.00. The highest BCUT2D eigenvalue weighted by Crippen LogP contribution is 1.90. The molecule has 0 aromatic rings. The number of hydrogen-bond donors (Lipinski definition) is 1. The molecule has 0 amide bonds. The van der Waals surface area contributed by atoms with Crippen LogP contribution < -0.4 is 0 Å². The van der Waals surface area contributed by atoms with Gasteiger partial charge >= 0.3 is 5.97 Å². The van der Waals surface area contributed by atoms with Crippen LogP contribution in [0.3, 0.4) is 0 Å². The maximum Gasteiger partial charge on any atom is 0.328 e. The summed E-state index contributed by atoms with van der Waals surface area (Å²) >= 11 is 4.27. The fourth-order valence-electron chi connectivity index (χ4n) is 0.358. The van der Waals surface area contributed by atoms with Crippen molar-refractivity contribution < 1.29 is 9.90 Å². The van der Waals surface area contributed by atoms with E-state index in [-0.39, 0.29) is 0 Å². The molecule has 0 spiro atoms. The molecule has 50 valence electrons. The number of nitrogens with zero attached hydrogens (tertiary/aromatic N) is 1. The lowest BCUT2D eigenvalue weighted by atomic mass is 10.3. The lowest BCUT2D eigenvalue weighted by Crippen LogP contribution is -1.91. The van der Waals surface area contributed by atoms with Crippen molar-refractivity contribution in [3.8, 4) is 0 Å². The Morgan fingerprint density at radius 3 is 2.78 bits per heavy atom. The molecule has 0 heterocycles. The van der Waals surface area contributed by atoms with E-state index in [0.717, 1.165) is 6.08 Å². The van der Waals surface area contributed by atoms with Crippen molar-refractivity contribution in [3.63, 3.8) is 0 Å². The second kappa shape index (κ2) is 4.14. The first-order valence-electron chi connectivity index (χ1n) is 2.36. The van der Waals surface area contributed by atoms with Crippen molar-refractivity contribution in [1.29, 1.82) is 0 Å². The average Bonchev–Trinajstić information content (AvgIpc) is 1.63. The van der Waals surface area contributed by atoms with Crippen LogP contribution in [-0.2, 0) is 17.2 Å². The number of carboxylic acid groups (broad SMARTS) is 1. The van der Waals surface area contributed by atoms with E-state index in [1.807, 2.05) is 0 Å². The zero-order valence-corrected chi connectivity index (χ0v) is 5.81. The van der Waals surface area contributed by atoms with Crippen molar-refractivity contribution in [2.45, 2.75) is 6.92 Å². The summed E-state index contributed by atoms with van der Waals surface area (Å²) in [6.45, 7) is 1.99. The Labute approximate surface area is 58.6 Å². The first-order chi connectivity index (χ1) is 4.16. The standard InChI is InChI=1S/C5H7NO2S/c1-4(3-6-9)2-5(7)8/h2H,3H2,1H3,(H,7,8)/b4-2-. The minimum atomic E-state index is -0.953. The normalized spacial score (nSPS) is 11.0. The van der Waals surface area contributed by atoms with E-state index in [1.165, 1.54) is 0 Å². The van der Waals surface area contributed by atoms with Crippen LogP contribution in [0.2, 0.25) is 0 Å². The molecule has 3 nitrogen and oxygen atoms in total. The van der Waals surface area contributed by atoms with Crippen LogP contribution in [0.4, 0.5) is 0 Å². The number of aliphatic carboxylic acids is 1. The first-order valence-corrected chi connectivity index (χ1v) is 2.72.